The largest absolute Gasteiger partial charge is 1.00 e. The van der Waals surface area contributed by atoms with E-state index in [1.54, 1.807) is 25.3 Å². The Morgan fingerprint density at radius 3 is 2.65 bits per heavy atom. The monoisotopic (exact) mass is 264 g/mol. The summed E-state index contributed by atoms with van der Waals surface area (Å²) in [7, 11) is 2.31. The maximum absolute atomic E-state index is 12.0. The van der Waals surface area contributed by atoms with Crippen LogP contribution in [0, 0.1) is 5.92 Å². The summed E-state index contributed by atoms with van der Waals surface area (Å²) in [5.74, 6) is 1.05. The van der Waals surface area contributed by atoms with Gasteiger partial charge < -0.3 is 18.1 Å². The second-order valence-corrected chi connectivity index (χ2v) is 5.35. The van der Waals surface area contributed by atoms with Gasteiger partial charge in [0, 0.05) is 11.1 Å². The Morgan fingerprint density at radius 2 is 2.12 bits per heavy atom. The Morgan fingerprint density at radius 1 is 1.47 bits per heavy atom. The van der Waals surface area contributed by atoms with Crippen LogP contribution in [0.4, 0.5) is 0 Å². The molecule has 0 unspecified atom stereocenters. The molecule has 0 N–H and O–H groups in total. The van der Waals surface area contributed by atoms with Gasteiger partial charge in [-0.25, -0.2) is 0 Å². The van der Waals surface area contributed by atoms with Crippen molar-refractivity contribution in [3.05, 3.63) is 28.8 Å². The number of methoxy groups -OCH3 is 1. The summed E-state index contributed by atoms with van der Waals surface area (Å²) in [6.07, 6.45) is 0.840. The van der Waals surface area contributed by atoms with Crippen LogP contribution in [0.25, 0.3) is 0 Å². The molecule has 2 nitrogen and oxygen atoms in total. The molecule has 1 aromatic carbocycles. The smallest absolute Gasteiger partial charge is 0.496 e. The number of carbonyl (C=O) groups is 1. The van der Waals surface area contributed by atoms with Gasteiger partial charge in [0.1, 0.15) is 5.75 Å². The molecule has 0 aliphatic carbocycles. The molecule has 5 heteroatoms. The minimum Gasteiger partial charge on any atom is -0.496 e. The molecule has 0 amide bonds. The number of rotatable bonds is 5. The summed E-state index contributed by atoms with van der Waals surface area (Å²) in [4.78, 5) is 12.0. The first-order chi connectivity index (χ1) is 7.56. The average molecular weight is 265 g/mol. The van der Waals surface area contributed by atoms with Crippen LogP contribution in [0.1, 0.15) is 24.2 Å². The third kappa shape index (κ3) is 5.02. The van der Waals surface area contributed by atoms with Gasteiger partial charge in [-0.2, -0.15) is 6.16 Å². The SMILES string of the molecule is COc1cccc(Cl)c1C(=O)[P-]CC(C)C.[Li+]. The van der Waals surface area contributed by atoms with Crippen LogP contribution in [-0.2, 0) is 0 Å². The summed E-state index contributed by atoms with van der Waals surface area (Å²) in [5.41, 5.74) is 0.519. The molecular weight excluding hydrogens is 249 g/mol. The predicted molar refractivity (Wildman–Crippen MR) is 69.0 cm³/mol. The van der Waals surface area contributed by atoms with Gasteiger partial charge in [-0.3, -0.25) is 0 Å². The van der Waals surface area contributed by atoms with Gasteiger partial charge in [-0.15, -0.1) is 0 Å². The van der Waals surface area contributed by atoms with Gasteiger partial charge in [0.15, 0.2) is 0 Å². The van der Waals surface area contributed by atoms with E-state index in [1.807, 2.05) is 0 Å². The van der Waals surface area contributed by atoms with Gasteiger partial charge in [-0.1, -0.05) is 37.4 Å². The van der Waals surface area contributed by atoms with Gasteiger partial charge >= 0.3 is 18.9 Å². The fourth-order valence-corrected chi connectivity index (χ4v) is 2.46. The summed E-state index contributed by atoms with van der Waals surface area (Å²) < 4.78 is 5.14. The molecule has 88 valence electrons. The number of hydrogen-bond donors (Lipinski definition) is 0. The second kappa shape index (κ2) is 8.17. The van der Waals surface area contributed by atoms with E-state index in [1.165, 1.54) is 0 Å². The third-order valence-corrected chi connectivity index (χ3v) is 3.75. The Kier molecular flexibility index (Phi) is 8.17. The number of ether oxygens (including phenoxy) is 1. The zero-order chi connectivity index (χ0) is 12.1. The third-order valence-electron chi connectivity index (χ3n) is 2.01. The number of halogens is 1. The fraction of sp³-hybridized carbons (Fsp3) is 0.417. The number of benzene rings is 1. The van der Waals surface area contributed by atoms with Crippen LogP contribution in [0.5, 0.6) is 5.75 Å². The van der Waals surface area contributed by atoms with E-state index in [-0.39, 0.29) is 24.4 Å². The molecule has 0 saturated carbocycles. The molecule has 1 aromatic rings. The molecule has 0 spiro atoms. The molecule has 0 heterocycles. The van der Waals surface area contributed by atoms with E-state index in [2.05, 4.69) is 13.8 Å². The molecular formula is C12H15ClLiO2P. The quantitative estimate of drug-likeness (QED) is 0.588. The van der Waals surface area contributed by atoms with Crippen LogP contribution in [0.3, 0.4) is 0 Å². The molecule has 0 atom stereocenters. The normalized spacial score (nSPS) is 10.6. The van der Waals surface area contributed by atoms with Crippen molar-refractivity contribution >= 4 is 25.7 Å². The minimum absolute atomic E-state index is 0. The topological polar surface area (TPSA) is 26.3 Å². The first-order valence-electron chi connectivity index (χ1n) is 5.10. The van der Waals surface area contributed by atoms with Gasteiger partial charge in [0.2, 0.25) is 0 Å². The van der Waals surface area contributed by atoms with Crippen molar-refractivity contribution in [2.24, 2.45) is 5.92 Å². The maximum atomic E-state index is 12.0. The number of hydrogen-bond acceptors (Lipinski definition) is 2. The van der Waals surface area contributed by atoms with E-state index < -0.39 is 0 Å². The molecule has 0 aromatic heterocycles. The zero-order valence-corrected chi connectivity index (χ0v) is 12.3. The van der Waals surface area contributed by atoms with Gasteiger partial charge in [-0.05, 0) is 12.1 Å². The van der Waals surface area contributed by atoms with Crippen molar-refractivity contribution in [1.82, 2.24) is 0 Å². The molecule has 0 bridgehead atoms. The van der Waals surface area contributed by atoms with Crippen LogP contribution < -0.4 is 23.6 Å². The summed E-state index contributed by atoms with van der Waals surface area (Å²) in [6, 6.07) is 5.24. The first-order valence-corrected chi connectivity index (χ1v) is 6.56. The standard InChI is InChI=1S/C12H15ClO2P.Li/c1-8(2)7-16-12(14)11-9(13)5-4-6-10(11)15-3;/h4-6,8H,7H2,1-3H3;/q-1;+1. The van der Waals surface area contributed by atoms with Gasteiger partial charge in [0.05, 0.1) is 12.1 Å². The molecule has 17 heavy (non-hydrogen) atoms. The number of carbonyl (C=O) groups excluding carboxylic acids is 1. The molecule has 0 radical (unpaired) electrons. The van der Waals surface area contributed by atoms with E-state index in [9.17, 15) is 4.79 Å². The summed E-state index contributed by atoms with van der Waals surface area (Å²) in [6.45, 7) is 4.17. The Hall–Kier alpha value is 0.00740. The van der Waals surface area contributed by atoms with E-state index in [0.29, 0.717) is 22.3 Å². The summed E-state index contributed by atoms with van der Waals surface area (Å²) in [5, 5.41) is 0.459. The van der Waals surface area contributed by atoms with Crippen LogP contribution in [0.15, 0.2) is 18.2 Å². The Bertz CT molecular complexity index is 383. The van der Waals surface area contributed by atoms with Crippen LogP contribution in [0.2, 0.25) is 5.02 Å². The molecule has 0 saturated heterocycles. The van der Waals surface area contributed by atoms with Crippen molar-refractivity contribution in [2.75, 3.05) is 13.3 Å². The van der Waals surface area contributed by atoms with E-state index >= 15 is 0 Å². The Labute approximate surface area is 121 Å². The minimum atomic E-state index is 0. The van der Waals surface area contributed by atoms with Crippen molar-refractivity contribution in [3.8, 4) is 5.75 Å². The van der Waals surface area contributed by atoms with E-state index in [4.69, 9.17) is 16.3 Å². The maximum Gasteiger partial charge on any atom is 1.00 e. The fourth-order valence-electron chi connectivity index (χ4n) is 1.23. The van der Waals surface area contributed by atoms with E-state index in [0.717, 1.165) is 14.7 Å². The average Bonchev–Trinajstić information content (AvgIpc) is 2.25. The predicted octanol–water partition coefficient (Wildman–Crippen LogP) is 1.09. The van der Waals surface area contributed by atoms with Gasteiger partial charge in [0.25, 0.3) is 0 Å². The van der Waals surface area contributed by atoms with Crippen molar-refractivity contribution in [1.29, 1.82) is 0 Å². The second-order valence-electron chi connectivity index (χ2n) is 3.86. The molecule has 0 aliphatic heterocycles. The summed E-state index contributed by atoms with van der Waals surface area (Å²) >= 11 is 6.01. The zero-order valence-electron chi connectivity index (χ0n) is 10.7. The molecule has 0 aliphatic rings. The van der Waals surface area contributed by atoms with Crippen molar-refractivity contribution in [2.45, 2.75) is 13.8 Å². The Balaban J connectivity index is 0.00000256. The van der Waals surface area contributed by atoms with Crippen molar-refractivity contribution < 1.29 is 28.4 Å². The molecule has 1 rings (SSSR count). The van der Waals surface area contributed by atoms with Crippen LogP contribution in [-0.4, -0.2) is 18.8 Å². The molecule has 0 fully saturated rings. The van der Waals surface area contributed by atoms with Crippen LogP contribution >= 0.6 is 20.2 Å². The first kappa shape index (κ1) is 17.0. The van der Waals surface area contributed by atoms with Crippen molar-refractivity contribution in [3.63, 3.8) is 0 Å².